The zero-order valence-corrected chi connectivity index (χ0v) is 9.96. The number of hydrogen-bond donors (Lipinski definition) is 2. The highest BCUT2D eigenvalue weighted by Gasteiger charge is 2.18. The van der Waals surface area contributed by atoms with Gasteiger partial charge < -0.3 is 0 Å². The van der Waals surface area contributed by atoms with Crippen molar-refractivity contribution in [3.63, 3.8) is 0 Å². The molecular formula is C11H20N4. The summed E-state index contributed by atoms with van der Waals surface area (Å²) in [6.45, 7) is 9.98. The molecule has 0 radical (unpaired) electrons. The van der Waals surface area contributed by atoms with Crippen molar-refractivity contribution >= 4 is 0 Å². The van der Waals surface area contributed by atoms with E-state index in [1.165, 1.54) is 5.56 Å². The lowest BCUT2D eigenvalue weighted by atomic mass is 9.99. The minimum atomic E-state index is 0.108. The van der Waals surface area contributed by atoms with Crippen LogP contribution < -0.4 is 11.3 Å². The number of rotatable bonds is 4. The molecule has 0 bridgehead atoms. The van der Waals surface area contributed by atoms with E-state index in [9.17, 15) is 0 Å². The average Bonchev–Trinajstić information content (AvgIpc) is 2.38. The van der Waals surface area contributed by atoms with E-state index in [-0.39, 0.29) is 6.04 Å². The normalized spacial score (nSPS) is 12.9. The predicted molar refractivity (Wildman–Crippen MR) is 62.2 cm³/mol. The summed E-state index contributed by atoms with van der Waals surface area (Å²) < 4.78 is 1.88. The summed E-state index contributed by atoms with van der Waals surface area (Å²) in [6, 6.07) is 0.108. The van der Waals surface area contributed by atoms with Crippen LogP contribution in [0.3, 0.4) is 0 Å². The van der Waals surface area contributed by atoms with Crippen LogP contribution in [-0.2, 0) is 7.05 Å². The van der Waals surface area contributed by atoms with Gasteiger partial charge in [0.25, 0.3) is 0 Å². The minimum absolute atomic E-state index is 0.108. The number of hydrogen-bond acceptors (Lipinski definition) is 3. The second kappa shape index (κ2) is 4.59. The van der Waals surface area contributed by atoms with E-state index in [0.717, 1.165) is 23.4 Å². The van der Waals surface area contributed by atoms with Crippen LogP contribution in [0.4, 0.5) is 0 Å². The highest BCUT2D eigenvalue weighted by atomic mass is 15.3. The van der Waals surface area contributed by atoms with Crippen LogP contribution in [0, 0.1) is 13.8 Å². The molecule has 3 N–H and O–H groups in total. The van der Waals surface area contributed by atoms with Gasteiger partial charge in [0.2, 0.25) is 0 Å². The van der Waals surface area contributed by atoms with Crippen LogP contribution in [-0.4, -0.2) is 9.78 Å². The van der Waals surface area contributed by atoms with Crippen molar-refractivity contribution in [1.82, 2.24) is 15.2 Å². The molecule has 1 aromatic heterocycles. The van der Waals surface area contributed by atoms with E-state index < -0.39 is 0 Å². The molecule has 1 aromatic rings. The first kappa shape index (κ1) is 11.9. The molecule has 0 amide bonds. The molecule has 0 saturated heterocycles. The Kier molecular flexibility index (Phi) is 3.66. The average molecular weight is 208 g/mol. The third-order valence-corrected chi connectivity index (χ3v) is 2.67. The van der Waals surface area contributed by atoms with Gasteiger partial charge in [0, 0.05) is 18.3 Å². The summed E-state index contributed by atoms with van der Waals surface area (Å²) in [5.41, 5.74) is 7.30. The van der Waals surface area contributed by atoms with Crippen molar-refractivity contribution < 1.29 is 0 Å². The SMILES string of the molecule is C=C(C)CC(NN)c1c(C)nn(C)c1C. The Morgan fingerprint density at radius 1 is 1.60 bits per heavy atom. The van der Waals surface area contributed by atoms with Crippen molar-refractivity contribution in [1.29, 1.82) is 0 Å². The number of nitrogens with two attached hydrogens (primary N) is 1. The molecule has 1 atom stereocenters. The molecule has 0 aliphatic rings. The molecule has 0 aliphatic carbocycles. The predicted octanol–water partition coefficient (Wildman–Crippen LogP) is 1.51. The van der Waals surface area contributed by atoms with E-state index in [0.29, 0.717) is 0 Å². The summed E-state index contributed by atoms with van der Waals surface area (Å²) in [4.78, 5) is 0. The molecule has 0 aromatic carbocycles. The Hall–Kier alpha value is -1.13. The quantitative estimate of drug-likeness (QED) is 0.448. The molecule has 4 nitrogen and oxygen atoms in total. The summed E-state index contributed by atoms with van der Waals surface area (Å²) in [5, 5.41) is 4.38. The zero-order chi connectivity index (χ0) is 11.6. The van der Waals surface area contributed by atoms with Gasteiger partial charge in [0.05, 0.1) is 11.7 Å². The molecule has 1 rings (SSSR count). The van der Waals surface area contributed by atoms with Gasteiger partial charge in [-0.1, -0.05) is 5.57 Å². The Labute approximate surface area is 91.1 Å². The lowest BCUT2D eigenvalue weighted by molar-refractivity contribution is 0.544. The van der Waals surface area contributed by atoms with E-state index in [1.807, 2.05) is 25.6 Å². The van der Waals surface area contributed by atoms with Gasteiger partial charge >= 0.3 is 0 Å². The minimum Gasteiger partial charge on any atom is -0.272 e. The monoisotopic (exact) mass is 208 g/mol. The summed E-state index contributed by atoms with van der Waals surface area (Å²) in [5.74, 6) is 5.57. The van der Waals surface area contributed by atoms with E-state index in [4.69, 9.17) is 5.84 Å². The topological polar surface area (TPSA) is 55.9 Å². The van der Waals surface area contributed by atoms with Crippen LogP contribution in [0.25, 0.3) is 0 Å². The summed E-state index contributed by atoms with van der Waals surface area (Å²) in [6.07, 6.45) is 0.837. The molecule has 4 heteroatoms. The molecule has 0 aliphatic heterocycles. The number of nitrogens with zero attached hydrogens (tertiary/aromatic N) is 2. The molecule has 1 unspecified atom stereocenters. The standard InChI is InChI=1S/C11H20N4/c1-7(2)6-10(13-12)11-8(3)14-15(5)9(11)4/h10,13H,1,6,12H2,2-5H3. The van der Waals surface area contributed by atoms with Crippen LogP contribution in [0.1, 0.15) is 36.3 Å². The molecule has 0 saturated carbocycles. The van der Waals surface area contributed by atoms with Gasteiger partial charge in [-0.25, -0.2) is 0 Å². The Balaban J connectivity index is 3.06. The highest BCUT2D eigenvalue weighted by molar-refractivity contribution is 5.29. The maximum Gasteiger partial charge on any atom is 0.0644 e. The number of nitrogens with one attached hydrogen (secondary N) is 1. The van der Waals surface area contributed by atoms with Crippen LogP contribution >= 0.6 is 0 Å². The van der Waals surface area contributed by atoms with Crippen LogP contribution in [0.5, 0.6) is 0 Å². The second-order valence-corrected chi connectivity index (χ2v) is 4.09. The highest BCUT2D eigenvalue weighted by Crippen LogP contribution is 2.25. The van der Waals surface area contributed by atoms with E-state index in [2.05, 4.69) is 24.0 Å². The van der Waals surface area contributed by atoms with Gasteiger partial charge in [0.1, 0.15) is 0 Å². The maximum atomic E-state index is 5.57. The molecule has 0 spiro atoms. The first-order valence-electron chi connectivity index (χ1n) is 5.08. The van der Waals surface area contributed by atoms with Crippen molar-refractivity contribution in [3.8, 4) is 0 Å². The fourth-order valence-corrected chi connectivity index (χ4v) is 1.89. The van der Waals surface area contributed by atoms with E-state index in [1.54, 1.807) is 0 Å². The molecule has 84 valence electrons. The second-order valence-electron chi connectivity index (χ2n) is 4.09. The fraction of sp³-hybridized carbons (Fsp3) is 0.545. The van der Waals surface area contributed by atoms with Crippen LogP contribution in [0.15, 0.2) is 12.2 Å². The molecule has 0 fully saturated rings. The number of aromatic nitrogens is 2. The van der Waals surface area contributed by atoms with E-state index >= 15 is 0 Å². The van der Waals surface area contributed by atoms with Crippen molar-refractivity contribution in [3.05, 3.63) is 29.1 Å². The summed E-state index contributed by atoms with van der Waals surface area (Å²) in [7, 11) is 1.94. The Morgan fingerprint density at radius 2 is 2.20 bits per heavy atom. The lowest BCUT2D eigenvalue weighted by Gasteiger charge is -2.16. The summed E-state index contributed by atoms with van der Waals surface area (Å²) >= 11 is 0. The van der Waals surface area contributed by atoms with Crippen molar-refractivity contribution in [2.24, 2.45) is 12.9 Å². The molecular weight excluding hydrogens is 188 g/mol. The third kappa shape index (κ3) is 2.46. The lowest BCUT2D eigenvalue weighted by Crippen LogP contribution is -2.29. The molecule has 15 heavy (non-hydrogen) atoms. The van der Waals surface area contributed by atoms with Gasteiger partial charge in [-0.2, -0.15) is 5.10 Å². The maximum absolute atomic E-state index is 5.57. The first-order chi connectivity index (χ1) is 6.97. The molecule has 1 heterocycles. The van der Waals surface area contributed by atoms with Crippen LogP contribution in [0.2, 0.25) is 0 Å². The first-order valence-corrected chi connectivity index (χ1v) is 5.08. The Morgan fingerprint density at radius 3 is 2.53 bits per heavy atom. The van der Waals surface area contributed by atoms with Crippen molar-refractivity contribution in [2.75, 3.05) is 0 Å². The smallest absolute Gasteiger partial charge is 0.0644 e. The van der Waals surface area contributed by atoms with Gasteiger partial charge in [0.15, 0.2) is 0 Å². The number of hydrazine groups is 1. The van der Waals surface area contributed by atoms with Gasteiger partial charge in [-0.3, -0.25) is 16.0 Å². The number of aryl methyl sites for hydroxylation is 2. The Bertz CT molecular complexity index is 365. The zero-order valence-electron chi connectivity index (χ0n) is 9.96. The van der Waals surface area contributed by atoms with Crippen molar-refractivity contribution in [2.45, 2.75) is 33.2 Å². The largest absolute Gasteiger partial charge is 0.272 e. The van der Waals surface area contributed by atoms with Gasteiger partial charge in [-0.05, 0) is 27.2 Å². The third-order valence-electron chi connectivity index (χ3n) is 2.67. The van der Waals surface area contributed by atoms with Gasteiger partial charge in [-0.15, -0.1) is 6.58 Å². The fourth-order valence-electron chi connectivity index (χ4n) is 1.89.